The molecule has 4 rings (SSSR count). The van der Waals surface area contributed by atoms with E-state index < -0.39 is 11.9 Å². The summed E-state index contributed by atoms with van der Waals surface area (Å²) in [5.74, 6) is -1.18. The fraction of sp³-hybridized carbons (Fsp3) is 0.348. The number of benzene rings is 2. The number of aromatic nitrogens is 2. The summed E-state index contributed by atoms with van der Waals surface area (Å²) in [5.41, 5.74) is 3.30. The molecule has 1 saturated carbocycles. The number of ether oxygens (including phenoxy) is 1. The van der Waals surface area contributed by atoms with Crippen LogP contribution in [0, 0.1) is 0 Å². The van der Waals surface area contributed by atoms with E-state index in [1.54, 1.807) is 11.7 Å². The molecule has 0 atom stereocenters. The minimum absolute atomic E-state index is 0.00893. The molecule has 0 amide bonds. The van der Waals surface area contributed by atoms with Crippen molar-refractivity contribution in [1.82, 2.24) is 9.78 Å². The number of hydrogen-bond donors (Lipinski definition) is 2. The lowest BCUT2D eigenvalue weighted by molar-refractivity contribution is -0.136. The van der Waals surface area contributed by atoms with Gasteiger partial charge in [-0.3, -0.25) is 9.48 Å². The Labute approximate surface area is 173 Å². The van der Waals surface area contributed by atoms with E-state index in [4.69, 9.17) is 9.84 Å². The van der Waals surface area contributed by atoms with Gasteiger partial charge < -0.3 is 14.9 Å². The molecule has 3 aromatic rings. The Kier molecular flexibility index (Phi) is 5.44. The first kappa shape index (κ1) is 19.9. The van der Waals surface area contributed by atoms with Crippen molar-refractivity contribution < 1.29 is 24.5 Å². The number of hydrogen-bond acceptors (Lipinski definition) is 4. The number of aromatic carboxylic acids is 1. The average Bonchev–Trinajstić information content (AvgIpc) is 3.34. The SMILES string of the molecule is Cn1nc(C(=O)O)c2cc(-c3cc(CCC(=O)O)ccc3OC3CCCC3)ccc21. The van der Waals surface area contributed by atoms with Crippen molar-refractivity contribution >= 4 is 22.8 Å². The van der Waals surface area contributed by atoms with E-state index in [1.807, 2.05) is 36.4 Å². The van der Waals surface area contributed by atoms with Crippen molar-refractivity contribution in [3.05, 3.63) is 47.7 Å². The number of fused-ring (bicyclic) bond motifs is 1. The summed E-state index contributed by atoms with van der Waals surface area (Å²) >= 11 is 0. The minimum atomic E-state index is -1.07. The maximum atomic E-state index is 11.6. The predicted octanol–water partition coefficient (Wildman–Crippen LogP) is 4.28. The second-order valence-electron chi connectivity index (χ2n) is 7.76. The highest BCUT2D eigenvalue weighted by molar-refractivity contribution is 6.02. The van der Waals surface area contributed by atoms with Gasteiger partial charge in [0.2, 0.25) is 0 Å². The molecule has 30 heavy (non-hydrogen) atoms. The number of rotatable bonds is 7. The van der Waals surface area contributed by atoms with Crippen molar-refractivity contribution in [3.8, 4) is 16.9 Å². The smallest absolute Gasteiger partial charge is 0.357 e. The van der Waals surface area contributed by atoms with Gasteiger partial charge in [0.25, 0.3) is 0 Å². The van der Waals surface area contributed by atoms with E-state index in [2.05, 4.69) is 5.10 Å². The molecule has 1 aliphatic rings. The quantitative estimate of drug-likeness (QED) is 0.605. The van der Waals surface area contributed by atoms with Crippen LogP contribution >= 0.6 is 0 Å². The van der Waals surface area contributed by atoms with Crippen LogP contribution in [-0.2, 0) is 18.3 Å². The summed E-state index contributed by atoms with van der Waals surface area (Å²) in [6, 6.07) is 11.4. The van der Waals surface area contributed by atoms with Crippen molar-refractivity contribution in [3.63, 3.8) is 0 Å². The van der Waals surface area contributed by atoms with E-state index >= 15 is 0 Å². The molecular formula is C23H24N2O5. The van der Waals surface area contributed by atoms with Crippen LogP contribution in [0.3, 0.4) is 0 Å². The van der Waals surface area contributed by atoms with Crippen molar-refractivity contribution in [1.29, 1.82) is 0 Å². The third-order valence-electron chi connectivity index (χ3n) is 5.63. The molecule has 2 aromatic carbocycles. The highest BCUT2D eigenvalue weighted by atomic mass is 16.5. The van der Waals surface area contributed by atoms with Crippen molar-refractivity contribution in [2.75, 3.05) is 0 Å². The Morgan fingerprint density at radius 1 is 1.13 bits per heavy atom. The van der Waals surface area contributed by atoms with E-state index in [0.29, 0.717) is 11.8 Å². The molecule has 1 aromatic heterocycles. The Morgan fingerprint density at radius 2 is 1.90 bits per heavy atom. The number of carbonyl (C=O) groups is 2. The van der Waals surface area contributed by atoms with E-state index in [0.717, 1.165) is 53.6 Å². The van der Waals surface area contributed by atoms with Crippen LogP contribution in [0.2, 0.25) is 0 Å². The zero-order valence-electron chi connectivity index (χ0n) is 16.8. The van der Waals surface area contributed by atoms with Crippen LogP contribution in [-0.4, -0.2) is 38.0 Å². The Morgan fingerprint density at radius 3 is 2.60 bits per heavy atom. The normalized spacial score (nSPS) is 14.3. The molecule has 1 heterocycles. The number of aliphatic carboxylic acids is 1. The molecule has 1 fully saturated rings. The highest BCUT2D eigenvalue weighted by Crippen LogP contribution is 2.36. The molecule has 1 aliphatic carbocycles. The average molecular weight is 408 g/mol. The van der Waals surface area contributed by atoms with Crippen molar-refractivity contribution in [2.45, 2.75) is 44.6 Å². The van der Waals surface area contributed by atoms with E-state index in [-0.39, 0.29) is 18.2 Å². The van der Waals surface area contributed by atoms with Crippen LogP contribution < -0.4 is 4.74 Å². The zero-order valence-corrected chi connectivity index (χ0v) is 16.8. The number of carboxylic acids is 2. The van der Waals surface area contributed by atoms with Gasteiger partial charge >= 0.3 is 11.9 Å². The summed E-state index contributed by atoms with van der Waals surface area (Å²) in [6.07, 6.45) is 4.98. The van der Waals surface area contributed by atoms with Crippen molar-refractivity contribution in [2.24, 2.45) is 7.05 Å². The first-order chi connectivity index (χ1) is 14.4. The highest BCUT2D eigenvalue weighted by Gasteiger charge is 2.20. The molecule has 0 saturated heterocycles. The molecule has 0 unspecified atom stereocenters. The van der Waals surface area contributed by atoms with Gasteiger partial charge in [0.05, 0.1) is 11.6 Å². The molecule has 7 heteroatoms. The molecule has 0 spiro atoms. The summed E-state index contributed by atoms with van der Waals surface area (Å²) in [4.78, 5) is 22.6. The first-order valence-electron chi connectivity index (χ1n) is 10.1. The topological polar surface area (TPSA) is 102 Å². The minimum Gasteiger partial charge on any atom is -0.490 e. The summed E-state index contributed by atoms with van der Waals surface area (Å²) in [7, 11) is 1.72. The van der Waals surface area contributed by atoms with Crippen LogP contribution in [0.1, 0.15) is 48.2 Å². The zero-order chi connectivity index (χ0) is 21.3. The second-order valence-corrected chi connectivity index (χ2v) is 7.76. The number of aryl methyl sites for hydroxylation is 2. The lowest BCUT2D eigenvalue weighted by Crippen LogP contribution is -2.11. The fourth-order valence-electron chi connectivity index (χ4n) is 4.09. The van der Waals surface area contributed by atoms with E-state index in [9.17, 15) is 14.7 Å². The van der Waals surface area contributed by atoms with Gasteiger partial charge in [-0.15, -0.1) is 0 Å². The summed E-state index contributed by atoms with van der Waals surface area (Å²) in [5, 5.41) is 23.2. The third kappa shape index (κ3) is 4.01. The van der Waals surface area contributed by atoms with Crippen LogP contribution in [0.5, 0.6) is 5.75 Å². The van der Waals surface area contributed by atoms with E-state index in [1.165, 1.54) is 0 Å². The molecule has 2 N–H and O–H groups in total. The number of nitrogens with zero attached hydrogens (tertiary/aromatic N) is 2. The molecular weight excluding hydrogens is 384 g/mol. The maximum absolute atomic E-state index is 11.6. The molecule has 0 aliphatic heterocycles. The lowest BCUT2D eigenvalue weighted by atomic mass is 9.98. The Balaban J connectivity index is 1.79. The standard InChI is InChI=1S/C23H24N2O5/c1-25-19-9-8-15(13-18(19)22(24-25)23(28)29)17-12-14(7-11-21(26)27)6-10-20(17)30-16-4-2-3-5-16/h6,8-10,12-13,16H,2-5,7,11H2,1H3,(H,26,27)(H,28,29). The maximum Gasteiger partial charge on any atom is 0.357 e. The largest absolute Gasteiger partial charge is 0.490 e. The molecule has 0 bridgehead atoms. The molecule has 7 nitrogen and oxygen atoms in total. The summed E-state index contributed by atoms with van der Waals surface area (Å²) < 4.78 is 7.84. The van der Waals surface area contributed by atoms with Crippen LogP contribution in [0.15, 0.2) is 36.4 Å². The van der Waals surface area contributed by atoms with Gasteiger partial charge in [0.1, 0.15) is 5.75 Å². The van der Waals surface area contributed by atoms with Gasteiger partial charge in [-0.25, -0.2) is 4.79 Å². The van der Waals surface area contributed by atoms with Gasteiger partial charge in [-0.2, -0.15) is 5.10 Å². The van der Waals surface area contributed by atoms with Crippen LogP contribution in [0.4, 0.5) is 0 Å². The van der Waals surface area contributed by atoms with Crippen LogP contribution in [0.25, 0.3) is 22.0 Å². The lowest BCUT2D eigenvalue weighted by Gasteiger charge is -2.18. The van der Waals surface area contributed by atoms with Gasteiger partial charge in [-0.1, -0.05) is 12.1 Å². The molecule has 0 radical (unpaired) electrons. The monoisotopic (exact) mass is 408 g/mol. The fourth-order valence-corrected chi connectivity index (χ4v) is 4.09. The van der Waals surface area contributed by atoms with Gasteiger partial charge in [-0.05, 0) is 67.5 Å². The number of carboxylic acid groups (broad SMARTS) is 2. The third-order valence-corrected chi connectivity index (χ3v) is 5.63. The van der Waals surface area contributed by atoms with Gasteiger partial charge in [0.15, 0.2) is 5.69 Å². The summed E-state index contributed by atoms with van der Waals surface area (Å²) in [6.45, 7) is 0. The Hall–Kier alpha value is -3.35. The Bertz CT molecular complexity index is 1110. The molecule has 156 valence electrons. The second kappa shape index (κ2) is 8.18. The first-order valence-corrected chi connectivity index (χ1v) is 10.1. The predicted molar refractivity (Wildman–Crippen MR) is 112 cm³/mol. The van der Waals surface area contributed by atoms with Gasteiger partial charge in [0, 0.05) is 24.4 Å².